The Balaban J connectivity index is 1.09. The van der Waals surface area contributed by atoms with Crippen LogP contribution in [0.1, 0.15) is 23.5 Å². The number of fused-ring (bicyclic) bond motifs is 7. The van der Waals surface area contributed by atoms with Crippen molar-refractivity contribution in [3.63, 3.8) is 0 Å². The van der Waals surface area contributed by atoms with Crippen LogP contribution in [0.3, 0.4) is 0 Å². The number of aliphatic imine (C=N–C) groups is 1. The Kier molecular flexibility index (Phi) is 6.39. The van der Waals surface area contributed by atoms with Crippen LogP contribution in [0.15, 0.2) is 169 Å². The molecule has 3 heterocycles. The van der Waals surface area contributed by atoms with Crippen molar-refractivity contribution in [1.82, 2.24) is 20.5 Å². The highest BCUT2D eigenvalue weighted by Crippen LogP contribution is 2.37. The molecule has 5 heteroatoms. The number of dihydropyridines is 1. The second kappa shape index (κ2) is 11.2. The van der Waals surface area contributed by atoms with E-state index in [0.29, 0.717) is 0 Å². The minimum atomic E-state index is -0.254. The molecule has 0 aliphatic carbocycles. The number of para-hydroxylation sites is 1. The number of allylic oxidation sites excluding steroid dienone is 2. The summed E-state index contributed by atoms with van der Waals surface area (Å²) in [6, 6.07) is 51.9. The summed E-state index contributed by atoms with van der Waals surface area (Å²) in [5.41, 5.74) is 4.70. The van der Waals surface area contributed by atoms with E-state index in [1.54, 1.807) is 0 Å². The lowest BCUT2D eigenvalue weighted by Crippen LogP contribution is -2.52. The van der Waals surface area contributed by atoms with Crippen molar-refractivity contribution in [2.45, 2.75) is 18.4 Å². The van der Waals surface area contributed by atoms with Crippen LogP contribution < -0.4 is 16.0 Å². The summed E-state index contributed by atoms with van der Waals surface area (Å²) < 4.78 is 2.36. The summed E-state index contributed by atoms with van der Waals surface area (Å²) in [7, 11) is 0. The van der Waals surface area contributed by atoms with Gasteiger partial charge in [0.25, 0.3) is 0 Å². The van der Waals surface area contributed by atoms with Gasteiger partial charge in [-0.1, -0.05) is 146 Å². The summed E-state index contributed by atoms with van der Waals surface area (Å²) in [5.74, 6) is 1.91. The average Bonchev–Trinajstić information content (AvgIpc) is 3.52. The molecular weight excluding hydrogens is 599 g/mol. The minimum Gasteiger partial charge on any atom is -0.358 e. The zero-order valence-electron chi connectivity index (χ0n) is 26.7. The van der Waals surface area contributed by atoms with Gasteiger partial charge in [0.15, 0.2) is 0 Å². The highest BCUT2D eigenvalue weighted by atomic mass is 15.3. The minimum absolute atomic E-state index is 0.160. The molecule has 0 amide bonds. The number of nitrogens with zero attached hydrogens (tertiary/aromatic N) is 2. The van der Waals surface area contributed by atoms with Gasteiger partial charge >= 0.3 is 0 Å². The van der Waals surface area contributed by atoms with Gasteiger partial charge in [0.05, 0.1) is 11.0 Å². The number of nitrogens with one attached hydrogen (secondary N) is 3. The average molecular weight is 632 g/mol. The van der Waals surface area contributed by atoms with Gasteiger partial charge in [-0.3, -0.25) is 9.88 Å². The van der Waals surface area contributed by atoms with E-state index in [4.69, 9.17) is 4.99 Å². The van der Waals surface area contributed by atoms with Crippen molar-refractivity contribution in [3.05, 3.63) is 175 Å². The van der Waals surface area contributed by atoms with Crippen molar-refractivity contribution in [2.75, 3.05) is 0 Å². The highest BCUT2D eigenvalue weighted by Gasteiger charge is 2.31. The predicted octanol–water partition coefficient (Wildman–Crippen LogP) is 9.57. The van der Waals surface area contributed by atoms with Crippen molar-refractivity contribution in [1.29, 1.82) is 0 Å². The number of benzene rings is 7. The maximum Gasteiger partial charge on any atom is 0.130 e. The number of rotatable bonds is 4. The molecule has 1 aromatic heterocycles. The first-order valence-corrected chi connectivity index (χ1v) is 16.9. The Morgan fingerprint density at radius 3 is 1.90 bits per heavy atom. The molecule has 0 radical (unpaired) electrons. The summed E-state index contributed by atoms with van der Waals surface area (Å²) >= 11 is 0. The van der Waals surface area contributed by atoms with Gasteiger partial charge in [-0.2, -0.15) is 0 Å². The number of hydrogen-bond acceptors (Lipinski definition) is 4. The Morgan fingerprint density at radius 2 is 1.12 bits per heavy atom. The first kappa shape index (κ1) is 27.9. The fourth-order valence-corrected chi connectivity index (χ4v) is 7.86. The molecule has 5 nitrogen and oxygen atoms in total. The first-order valence-electron chi connectivity index (χ1n) is 16.9. The molecular formula is C44H33N5. The molecule has 0 bridgehead atoms. The van der Waals surface area contributed by atoms with Crippen molar-refractivity contribution in [2.24, 2.45) is 4.99 Å². The molecule has 2 aliphatic rings. The van der Waals surface area contributed by atoms with E-state index >= 15 is 0 Å². The van der Waals surface area contributed by atoms with Gasteiger partial charge in [0, 0.05) is 10.8 Å². The lowest BCUT2D eigenvalue weighted by atomic mass is 9.98. The molecule has 0 saturated carbocycles. The van der Waals surface area contributed by atoms with E-state index < -0.39 is 0 Å². The first-order chi connectivity index (χ1) is 24.3. The standard InChI is InChI=1S/C44H33N5/c1-4-17-31-28(12-1)15-9-21-34(31)42-46-43(35-22-10-16-29-13-2-5-18-32(29)35)48-44(47-42)37-23-11-25-40(45-37)49-38-24-8-7-20-36(38)41-33-19-6-3-14-30(33)26-27-39(41)49/h1-27,37,42-43,45-46H,(H,47,48). The van der Waals surface area contributed by atoms with E-state index in [-0.39, 0.29) is 18.4 Å². The fourth-order valence-electron chi connectivity index (χ4n) is 7.86. The smallest absolute Gasteiger partial charge is 0.130 e. The van der Waals surface area contributed by atoms with Gasteiger partial charge in [0.2, 0.25) is 0 Å². The molecule has 234 valence electrons. The van der Waals surface area contributed by atoms with Crippen LogP contribution in [0.25, 0.3) is 59.9 Å². The van der Waals surface area contributed by atoms with Crippen LogP contribution in [0.5, 0.6) is 0 Å². The quantitative estimate of drug-likeness (QED) is 0.181. The number of aromatic nitrogens is 1. The molecule has 2 aliphatic heterocycles. The van der Waals surface area contributed by atoms with Crippen LogP contribution in [-0.4, -0.2) is 16.4 Å². The van der Waals surface area contributed by atoms with E-state index in [1.807, 2.05) is 0 Å². The SMILES string of the molecule is C1=CC(C2=NC(c3cccc4ccccc34)NC(c3cccc4ccccc34)N2)NC(n2c3ccccc3c3c4ccccc4ccc32)=C1. The van der Waals surface area contributed by atoms with Crippen molar-refractivity contribution < 1.29 is 0 Å². The number of amidine groups is 1. The molecule has 0 fully saturated rings. The zero-order chi connectivity index (χ0) is 32.3. The zero-order valence-corrected chi connectivity index (χ0v) is 26.7. The van der Waals surface area contributed by atoms with E-state index in [2.05, 4.69) is 184 Å². The fraction of sp³-hybridized carbons (Fsp3) is 0.0682. The van der Waals surface area contributed by atoms with E-state index in [1.165, 1.54) is 59.7 Å². The Hall–Kier alpha value is -6.17. The topological polar surface area (TPSA) is 53.4 Å². The van der Waals surface area contributed by atoms with Crippen molar-refractivity contribution in [3.8, 4) is 0 Å². The third kappa shape index (κ3) is 4.55. The molecule has 49 heavy (non-hydrogen) atoms. The van der Waals surface area contributed by atoms with Gasteiger partial charge < -0.3 is 10.6 Å². The molecule has 3 unspecified atom stereocenters. The lowest BCUT2D eigenvalue weighted by Gasteiger charge is -2.36. The van der Waals surface area contributed by atoms with E-state index in [0.717, 1.165) is 17.2 Å². The Bertz CT molecular complexity index is 2670. The largest absolute Gasteiger partial charge is 0.358 e. The molecule has 0 spiro atoms. The summed E-state index contributed by atoms with van der Waals surface area (Å²) in [5, 5.41) is 21.5. The summed E-state index contributed by atoms with van der Waals surface area (Å²) in [6.45, 7) is 0. The van der Waals surface area contributed by atoms with Gasteiger partial charge in [-0.15, -0.1) is 0 Å². The second-order valence-electron chi connectivity index (χ2n) is 12.9. The van der Waals surface area contributed by atoms with Gasteiger partial charge in [0.1, 0.15) is 30.0 Å². The van der Waals surface area contributed by atoms with Crippen LogP contribution in [0, 0.1) is 0 Å². The summed E-state index contributed by atoms with van der Waals surface area (Å²) in [4.78, 5) is 5.41. The third-order valence-corrected chi connectivity index (χ3v) is 10.1. The molecule has 3 N–H and O–H groups in total. The number of hydrogen-bond donors (Lipinski definition) is 3. The molecule has 3 atom stereocenters. The normalized spacial score (nSPS) is 19.2. The Morgan fingerprint density at radius 1 is 0.510 bits per heavy atom. The lowest BCUT2D eigenvalue weighted by molar-refractivity contribution is 0.405. The van der Waals surface area contributed by atoms with Crippen molar-refractivity contribution >= 4 is 65.8 Å². The molecule has 0 saturated heterocycles. The van der Waals surface area contributed by atoms with Crippen LogP contribution in [0.2, 0.25) is 0 Å². The van der Waals surface area contributed by atoms with Crippen LogP contribution in [-0.2, 0) is 0 Å². The Labute approximate surface area is 283 Å². The van der Waals surface area contributed by atoms with E-state index in [9.17, 15) is 0 Å². The molecule has 7 aromatic carbocycles. The van der Waals surface area contributed by atoms with Crippen LogP contribution >= 0.6 is 0 Å². The maximum atomic E-state index is 5.41. The maximum absolute atomic E-state index is 5.41. The monoisotopic (exact) mass is 631 g/mol. The predicted molar refractivity (Wildman–Crippen MR) is 204 cm³/mol. The summed E-state index contributed by atoms with van der Waals surface area (Å²) in [6.07, 6.45) is 6.11. The molecule has 8 aromatic rings. The van der Waals surface area contributed by atoms with Gasteiger partial charge in [-0.25, -0.2) is 4.99 Å². The second-order valence-corrected chi connectivity index (χ2v) is 12.9. The van der Waals surface area contributed by atoms with Gasteiger partial charge in [-0.05, 0) is 61.7 Å². The highest BCUT2D eigenvalue weighted by molar-refractivity contribution is 6.21. The van der Waals surface area contributed by atoms with Crippen LogP contribution in [0.4, 0.5) is 0 Å². The third-order valence-electron chi connectivity index (χ3n) is 10.1. The molecule has 10 rings (SSSR count).